The summed E-state index contributed by atoms with van der Waals surface area (Å²) >= 11 is 0. The van der Waals surface area contributed by atoms with E-state index >= 15 is 0 Å². The highest BCUT2D eigenvalue weighted by Crippen LogP contribution is 2.25. The standard InChI is InChI=1S/C14H12N2O4S/c1-4-10-7-12(16-6-5-15-9-16)13(21(3,18)19)8-11(10)14(17)20-2/h1,5-9H,2-3H3. The molecule has 0 radical (unpaired) electrons. The lowest BCUT2D eigenvalue weighted by atomic mass is 10.1. The molecular formula is C14H12N2O4S. The van der Waals surface area contributed by atoms with Gasteiger partial charge in [-0.15, -0.1) is 6.42 Å². The van der Waals surface area contributed by atoms with Gasteiger partial charge in [0.05, 0.1) is 29.6 Å². The molecule has 0 saturated carbocycles. The third kappa shape index (κ3) is 2.80. The molecule has 0 N–H and O–H groups in total. The second-order valence-corrected chi connectivity index (χ2v) is 6.23. The van der Waals surface area contributed by atoms with Crippen LogP contribution in [-0.4, -0.2) is 37.3 Å². The molecule has 0 aliphatic heterocycles. The van der Waals surface area contributed by atoms with E-state index in [1.165, 1.54) is 36.3 Å². The number of carbonyl (C=O) groups is 1. The largest absolute Gasteiger partial charge is 0.465 e. The molecule has 0 bridgehead atoms. The van der Waals surface area contributed by atoms with E-state index in [0.29, 0.717) is 5.69 Å². The number of hydrogen-bond acceptors (Lipinski definition) is 5. The first-order valence-electron chi connectivity index (χ1n) is 5.80. The number of rotatable bonds is 3. The molecule has 6 nitrogen and oxygen atoms in total. The molecule has 21 heavy (non-hydrogen) atoms. The maximum absolute atomic E-state index is 12.0. The highest BCUT2D eigenvalue weighted by molar-refractivity contribution is 7.90. The summed E-state index contributed by atoms with van der Waals surface area (Å²) in [5.74, 6) is 1.67. The molecule has 0 unspecified atom stereocenters. The van der Waals surface area contributed by atoms with Crippen LogP contribution in [0.25, 0.3) is 5.69 Å². The first-order chi connectivity index (χ1) is 9.88. The number of ether oxygens (including phenoxy) is 1. The van der Waals surface area contributed by atoms with E-state index in [2.05, 4.69) is 15.6 Å². The van der Waals surface area contributed by atoms with Gasteiger partial charge in [-0.25, -0.2) is 18.2 Å². The lowest BCUT2D eigenvalue weighted by Gasteiger charge is -2.12. The first-order valence-corrected chi connectivity index (χ1v) is 7.69. The van der Waals surface area contributed by atoms with Gasteiger partial charge < -0.3 is 9.30 Å². The monoisotopic (exact) mass is 304 g/mol. The van der Waals surface area contributed by atoms with Gasteiger partial charge in [-0.2, -0.15) is 0 Å². The lowest BCUT2D eigenvalue weighted by molar-refractivity contribution is 0.0600. The van der Waals surface area contributed by atoms with Gasteiger partial charge in [0, 0.05) is 24.2 Å². The normalized spacial score (nSPS) is 10.9. The Morgan fingerprint density at radius 2 is 2.14 bits per heavy atom. The number of methoxy groups -OCH3 is 1. The van der Waals surface area contributed by atoms with Crippen molar-refractivity contribution in [2.75, 3.05) is 13.4 Å². The smallest absolute Gasteiger partial charge is 0.339 e. The molecule has 0 fully saturated rings. The SMILES string of the molecule is C#Cc1cc(-n2ccnc2)c(S(C)(=O)=O)cc1C(=O)OC. The molecule has 7 heteroatoms. The van der Waals surface area contributed by atoms with Gasteiger partial charge in [0.2, 0.25) is 0 Å². The number of sulfone groups is 1. The minimum absolute atomic E-state index is 0.0279. The molecule has 0 aliphatic carbocycles. The number of imidazole rings is 1. The Bertz CT molecular complexity index is 831. The number of terminal acetylenes is 1. The summed E-state index contributed by atoms with van der Waals surface area (Å²) < 4.78 is 30.1. The summed E-state index contributed by atoms with van der Waals surface area (Å²) in [7, 11) is -2.37. The first kappa shape index (κ1) is 14.8. The van der Waals surface area contributed by atoms with Crippen LogP contribution in [-0.2, 0) is 14.6 Å². The maximum Gasteiger partial charge on any atom is 0.339 e. The van der Waals surface area contributed by atoms with Crippen molar-refractivity contribution in [2.45, 2.75) is 4.90 Å². The van der Waals surface area contributed by atoms with Crippen LogP contribution in [0.2, 0.25) is 0 Å². The number of hydrogen-bond donors (Lipinski definition) is 0. The van der Waals surface area contributed by atoms with Gasteiger partial charge in [0.15, 0.2) is 9.84 Å². The summed E-state index contributed by atoms with van der Waals surface area (Å²) in [6.45, 7) is 0. The molecule has 0 aliphatic rings. The lowest BCUT2D eigenvalue weighted by Crippen LogP contribution is -2.11. The van der Waals surface area contributed by atoms with E-state index in [4.69, 9.17) is 6.42 Å². The van der Waals surface area contributed by atoms with Crippen molar-refractivity contribution in [1.29, 1.82) is 0 Å². The van der Waals surface area contributed by atoms with E-state index in [1.807, 2.05) is 0 Å². The molecule has 0 saturated heterocycles. The predicted molar refractivity (Wildman–Crippen MR) is 75.9 cm³/mol. The summed E-state index contributed by atoms with van der Waals surface area (Å²) in [5, 5.41) is 0. The van der Waals surface area contributed by atoms with Gasteiger partial charge in [0.25, 0.3) is 0 Å². The van der Waals surface area contributed by atoms with Gasteiger partial charge in [-0.3, -0.25) is 0 Å². The summed E-state index contributed by atoms with van der Waals surface area (Å²) in [4.78, 5) is 15.6. The van der Waals surface area contributed by atoms with Gasteiger partial charge in [-0.05, 0) is 12.1 Å². The Balaban J connectivity index is 2.84. The molecule has 1 aromatic carbocycles. The molecule has 2 aromatic rings. The molecule has 1 aromatic heterocycles. The van der Waals surface area contributed by atoms with Crippen LogP contribution >= 0.6 is 0 Å². The van der Waals surface area contributed by atoms with E-state index in [9.17, 15) is 13.2 Å². The van der Waals surface area contributed by atoms with E-state index < -0.39 is 15.8 Å². The summed E-state index contributed by atoms with van der Waals surface area (Å²) in [5.41, 5.74) is 0.609. The third-order valence-electron chi connectivity index (χ3n) is 2.84. The average molecular weight is 304 g/mol. The van der Waals surface area contributed by atoms with Crippen LogP contribution in [0.5, 0.6) is 0 Å². The predicted octanol–water partition coefficient (Wildman–Crippen LogP) is 1.04. The zero-order chi connectivity index (χ0) is 15.6. The Kier molecular flexibility index (Phi) is 3.82. The number of esters is 1. The highest BCUT2D eigenvalue weighted by Gasteiger charge is 2.21. The second-order valence-electron chi connectivity index (χ2n) is 4.24. The van der Waals surface area contributed by atoms with E-state index in [1.54, 1.807) is 6.20 Å². The van der Waals surface area contributed by atoms with Gasteiger partial charge in [0.1, 0.15) is 0 Å². The number of aromatic nitrogens is 2. The fourth-order valence-corrected chi connectivity index (χ4v) is 2.74. The number of carbonyl (C=O) groups excluding carboxylic acids is 1. The molecule has 0 amide bonds. The Morgan fingerprint density at radius 1 is 1.43 bits per heavy atom. The number of benzene rings is 1. The molecule has 1 heterocycles. The highest BCUT2D eigenvalue weighted by atomic mass is 32.2. The van der Waals surface area contributed by atoms with Crippen LogP contribution in [0.1, 0.15) is 15.9 Å². The van der Waals surface area contributed by atoms with Crippen LogP contribution in [0.15, 0.2) is 35.7 Å². The third-order valence-corrected chi connectivity index (χ3v) is 3.97. The van der Waals surface area contributed by atoms with Crippen LogP contribution in [0, 0.1) is 12.3 Å². The molecule has 0 atom stereocenters. The van der Waals surface area contributed by atoms with Crippen molar-refractivity contribution < 1.29 is 17.9 Å². The molecular weight excluding hydrogens is 292 g/mol. The quantitative estimate of drug-likeness (QED) is 0.625. The van der Waals surface area contributed by atoms with Crippen molar-refractivity contribution in [3.63, 3.8) is 0 Å². The Hall–Kier alpha value is -2.59. The fourth-order valence-electron chi connectivity index (χ4n) is 1.87. The Labute approximate surface area is 122 Å². The van der Waals surface area contributed by atoms with E-state index in [-0.39, 0.29) is 16.0 Å². The zero-order valence-corrected chi connectivity index (χ0v) is 12.2. The minimum Gasteiger partial charge on any atom is -0.465 e. The molecule has 2 rings (SSSR count). The number of nitrogens with zero attached hydrogens (tertiary/aromatic N) is 2. The van der Waals surface area contributed by atoms with Crippen molar-refractivity contribution in [3.05, 3.63) is 42.0 Å². The van der Waals surface area contributed by atoms with Crippen molar-refractivity contribution in [2.24, 2.45) is 0 Å². The summed E-state index contributed by atoms with van der Waals surface area (Å²) in [6, 6.07) is 2.68. The Morgan fingerprint density at radius 3 is 2.62 bits per heavy atom. The van der Waals surface area contributed by atoms with Crippen molar-refractivity contribution in [3.8, 4) is 18.0 Å². The second kappa shape index (κ2) is 5.42. The molecule has 108 valence electrons. The maximum atomic E-state index is 12.0. The summed E-state index contributed by atoms with van der Waals surface area (Å²) in [6.07, 6.45) is 11.0. The van der Waals surface area contributed by atoms with Crippen molar-refractivity contribution >= 4 is 15.8 Å². The van der Waals surface area contributed by atoms with E-state index in [0.717, 1.165) is 6.26 Å². The van der Waals surface area contributed by atoms with Crippen LogP contribution < -0.4 is 0 Å². The minimum atomic E-state index is -3.57. The molecule has 0 spiro atoms. The van der Waals surface area contributed by atoms with Gasteiger partial charge >= 0.3 is 5.97 Å². The fraction of sp³-hybridized carbons (Fsp3) is 0.143. The van der Waals surface area contributed by atoms with Crippen LogP contribution in [0.3, 0.4) is 0 Å². The average Bonchev–Trinajstić information content (AvgIpc) is 2.98. The van der Waals surface area contributed by atoms with Crippen LogP contribution in [0.4, 0.5) is 0 Å². The van der Waals surface area contributed by atoms with Gasteiger partial charge in [-0.1, -0.05) is 5.92 Å². The van der Waals surface area contributed by atoms with Crippen molar-refractivity contribution in [1.82, 2.24) is 9.55 Å². The topological polar surface area (TPSA) is 78.3 Å². The zero-order valence-electron chi connectivity index (χ0n) is 11.4.